The minimum Gasteiger partial charge on any atom is -0.394 e. The van der Waals surface area contributed by atoms with Gasteiger partial charge in [-0.1, -0.05) is 6.07 Å². The fraction of sp³-hybridized carbons (Fsp3) is 0.455. The molecule has 1 N–H and O–H groups in total. The van der Waals surface area contributed by atoms with Crippen molar-refractivity contribution in [2.75, 3.05) is 19.8 Å². The Labute approximate surface area is 93.7 Å². The van der Waals surface area contributed by atoms with Gasteiger partial charge in [0.2, 0.25) is 5.91 Å². The normalized spacial score (nSPS) is 21.2. The number of rotatable bonds is 3. The summed E-state index contributed by atoms with van der Waals surface area (Å²) >= 11 is 0. The highest BCUT2D eigenvalue weighted by atomic mass is 16.5. The average molecular weight is 222 g/mol. The fourth-order valence-electron chi connectivity index (χ4n) is 1.72. The Morgan fingerprint density at radius 1 is 1.62 bits per heavy atom. The van der Waals surface area contributed by atoms with Gasteiger partial charge in [-0.15, -0.1) is 0 Å². The SMILES string of the molecule is O=C1COCC(CO)N1Cc1cccnc1. The van der Waals surface area contributed by atoms with Crippen LogP contribution in [0.1, 0.15) is 5.56 Å². The second-order valence-corrected chi connectivity index (χ2v) is 3.73. The highest BCUT2D eigenvalue weighted by molar-refractivity contribution is 5.78. The van der Waals surface area contributed by atoms with Crippen molar-refractivity contribution in [2.24, 2.45) is 0 Å². The first kappa shape index (κ1) is 11.0. The molecule has 1 amide bonds. The molecular formula is C11H14N2O3. The molecule has 0 bridgehead atoms. The lowest BCUT2D eigenvalue weighted by atomic mass is 10.2. The number of nitrogens with zero attached hydrogens (tertiary/aromatic N) is 2. The van der Waals surface area contributed by atoms with Gasteiger partial charge in [-0.2, -0.15) is 0 Å². The number of hydrogen-bond acceptors (Lipinski definition) is 4. The number of ether oxygens (including phenoxy) is 1. The molecule has 1 atom stereocenters. The maximum Gasteiger partial charge on any atom is 0.249 e. The zero-order valence-corrected chi connectivity index (χ0v) is 8.87. The summed E-state index contributed by atoms with van der Waals surface area (Å²) in [4.78, 5) is 17.3. The molecule has 0 radical (unpaired) electrons. The van der Waals surface area contributed by atoms with Crippen LogP contribution in [-0.2, 0) is 16.1 Å². The molecule has 1 aromatic heterocycles. The fourth-order valence-corrected chi connectivity index (χ4v) is 1.72. The van der Waals surface area contributed by atoms with Crippen molar-refractivity contribution in [3.8, 4) is 0 Å². The molecular weight excluding hydrogens is 208 g/mol. The van der Waals surface area contributed by atoms with Crippen molar-refractivity contribution in [1.82, 2.24) is 9.88 Å². The zero-order valence-electron chi connectivity index (χ0n) is 8.87. The molecule has 16 heavy (non-hydrogen) atoms. The summed E-state index contributed by atoms with van der Waals surface area (Å²) in [6.07, 6.45) is 3.41. The molecule has 1 saturated heterocycles. The molecule has 86 valence electrons. The predicted molar refractivity (Wildman–Crippen MR) is 56.5 cm³/mol. The van der Waals surface area contributed by atoms with Crippen molar-refractivity contribution in [3.05, 3.63) is 30.1 Å². The van der Waals surface area contributed by atoms with Crippen LogP contribution in [-0.4, -0.2) is 46.8 Å². The van der Waals surface area contributed by atoms with Gasteiger partial charge < -0.3 is 14.7 Å². The van der Waals surface area contributed by atoms with E-state index in [0.717, 1.165) is 5.56 Å². The number of carbonyl (C=O) groups excluding carboxylic acids is 1. The van der Waals surface area contributed by atoms with E-state index in [1.165, 1.54) is 0 Å². The van der Waals surface area contributed by atoms with Crippen LogP contribution in [0.2, 0.25) is 0 Å². The van der Waals surface area contributed by atoms with Gasteiger partial charge in [-0.25, -0.2) is 0 Å². The molecule has 1 aliphatic heterocycles. The molecule has 2 rings (SSSR count). The largest absolute Gasteiger partial charge is 0.394 e. The summed E-state index contributed by atoms with van der Waals surface area (Å²) in [5.41, 5.74) is 0.955. The topological polar surface area (TPSA) is 62.7 Å². The molecule has 0 aromatic carbocycles. The number of pyridine rings is 1. The quantitative estimate of drug-likeness (QED) is 0.769. The highest BCUT2D eigenvalue weighted by Gasteiger charge is 2.27. The summed E-state index contributed by atoms with van der Waals surface area (Å²) in [6, 6.07) is 3.49. The molecule has 0 spiro atoms. The smallest absolute Gasteiger partial charge is 0.249 e. The van der Waals surface area contributed by atoms with E-state index in [2.05, 4.69) is 4.98 Å². The van der Waals surface area contributed by atoms with Crippen molar-refractivity contribution >= 4 is 5.91 Å². The van der Waals surface area contributed by atoms with Crippen LogP contribution in [0.25, 0.3) is 0 Å². The van der Waals surface area contributed by atoms with E-state index in [-0.39, 0.29) is 25.2 Å². The molecule has 0 saturated carbocycles. The van der Waals surface area contributed by atoms with Crippen molar-refractivity contribution < 1.29 is 14.6 Å². The first-order chi connectivity index (χ1) is 7.81. The van der Waals surface area contributed by atoms with Gasteiger partial charge in [0.25, 0.3) is 0 Å². The second-order valence-electron chi connectivity index (χ2n) is 3.73. The number of amides is 1. The Balaban J connectivity index is 2.08. The van der Waals surface area contributed by atoms with Gasteiger partial charge in [0.15, 0.2) is 0 Å². The van der Waals surface area contributed by atoms with Crippen molar-refractivity contribution in [3.63, 3.8) is 0 Å². The van der Waals surface area contributed by atoms with Crippen LogP contribution < -0.4 is 0 Å². The van der Waals surface area contributed by atoms with E-state index in [0.29, 0.717) is 13.2 Å². The summed E-state index contributed by atoms with van der Waals surface area (Å²) in [5, 5.41) is 9.17. The predicted octanol–water partition coefficient (Wildman–Crippen LogP) is -0.199. The van der Waals surface area contributed by atoms with E-state index in [9.17, 15) is 4.79 Å². The Kier molecular flexibility index (Phi) is 3.48. The van der Waals surface area contributed by atoms with E-state index < -0.39 is 0 Å². The van der Waals surface area contributed by atoms with Gasteiger partial charge in [-0.3, -0.25) is 9.78 Å². The van der Waals surface area contributed by atoms with Crippen molar-refractivity contribution in [2.45, 2.75) is 12.6 Å². The third kappa shape index (κ3) is 2.37. The van der Waals surface area contributed by atoms with Gasteiger partial charge in [-0.05, 0) is 11.6 Å². The van der Waals surface area contributed by atoms with Crippen LogP contribution in [0.3, 0.4) is 0 Å². The number of aromatic nitrogens is 1. The molecule has 1 unspecified atom stereocenters. The number of morpholine rings is 1. The molecule has 1 fully saturated rings. The Morgan fingerprint density at radius 2 is 2.50 bits per heavy atom. The number of aliphatic hydroxyl groups is 1. The molecule has 1 aromatic rings. The molecule has 2 heterocycles. The first-order valence-electron chi connectivity index (χ1n) is 5.18. The van der Waals surface area contributed by atoms with Crippen LogP contribution in [0.4, 0.5) is 0 Å². The second kappa shape index (κ2) is 5.05. The van der Waals surface area contributed by atoms with Gasteiger partial charge in [0.1, 0.15) is 6.61 Å². The van der Waals surface area contributed by atoms with Crippen LogP contribution in [0, 0.1) is 0 Å². The maximum atomic E-state index is 11.6. The Bertz CT molecular complexity index is 356. The Hall–Kier alpha value is -1.46. The summed E-state index contributed by atoms with van der Waals surface area (Å²) in [6.45, 7) is 0.881. The first-order valence-corrected chi connectivity index (χ1v) is 5.18. The highest BCUT2D eigenvalue weighted by Crippen LogP contribution is 2.12. The van der Waals surface area contributed by atoms with Crippen LogP contribution in [0.15, 0.2) is 24.5 Å². The van der Waals surface area contributed by atoms with Crippen LogP contribution in [0.5, 0.6) is 0 Å². The molecule has 5 nitrogen and oxygen atoms in total. The molecule has 1 aliphatic rings. The number of carbonyl (C=O) groups is 1. The third-order valence-corrected chi connectivity index (χ3v) is 2.58. The lowest BCUT2D eigenvalue weighted by Gasteiger charge is -2.34. The van der Waals surface area contributed by atoms with E-state index >= 15 is 0 Å². The van der Waals surface area contributed by atoms with E-state index in [1.54, 1.807) is 17.3 Å². The Morgan fingerprint density at radius 3 is 3.19 bits per heavy atom. The number of aliphatic hydroxyl groups excluding tert-OH is 1. The zero-order chi connectivity index (χ0) is 11.4. The standard InChI is InChI=1S/C11H14N2O3/c14-6-10-7-16-8-11(15)13(10)5-9-2-1-3-12-4-9/h1-4,10,14H,5-8H2. The molecule has 0 aliphatic carbocycles. The lowest BCUT2D eigenvalue weighted by molar-refractivity contribution is -0.151. The summed E-state index contributed by atoms with van der Waals surface area (Å²) in [5.74, 6) is -0.0887. The van der Waals surface area contributed by atoms with Crippen LogP contribution >= 0.6 is 0 Å². The maximum absolute atomic E-state index is 11.6. The summed E-state index contributed by atoms with van der Waals surface area (Å²) in [7, 11) is 0. The van der Waals surface area contributed by atoms with Gasteiger partial charge in [0.05, 0.1) is 19.3 Å². The lowest BCUT2D eigenvalue weighted by Crippen LogP contribution is -2.50. The van der Waals surface area contributed by atoms with E-state index in [4.69, 9.17) is 9.84 Å². The van der Waals surface area contributed by atoms with E-state index in [1.807, 2.05) is 12.1 Å². The molecule has 5 heteroatoms. The van der Waals surface area contributed by atoms with Gasteiger partial charge >= 0.3 is 0 Å². The monoisotopic (exact) mass is 222 g/mol. The minimum atomic E-state index is -0.249. The minimum absolute atomic E-state index is 0.0774. The summed E-state index contributed by atoms with van der Waals surface area (Å²) < 4.78 is 5.09. The van der Waals surface area contributed by atoms with Gasteiger partial charge in [0, 0.05) is 18.9 Å². The van der Waals surface area contributed by atoms with Crippen molar-refractivity contribution in [1.29, 1.82) is 0 Å². The third-order valence-electron chi connectivity index (χ3n) is 2.58. The number of hydrogen-bond donors (Lipinski definition) is 1. The average Bonchev–Trinajstić information content (AvgIpc) is 2.33.